The third kappa shape index (κ3) is 3.01. The summed E-state index contributed by atoms with van der Waals surface area (Å²) < 4.78 is 18.8. The first-order valence-corrected chi connectivity index (χ1v) is 5.68. The van der Waals surface area contributed by atoms with Gasteiger partial charge in [-0.15, -0.1) is 0 Å². The van der Waals surface area contributed by atoms with Crippen molar-refractivity contribution in [3.63, 3.8) is 0 Å². The lowest BCUT2D eigenvalue weighted by molar-refractivity contribution is 0.275. The molecule has 0 atom stereocenters. The van der Waals surface area contributed by atoms with E-state index in [1.807, 2.05) is 0 Å². The molecule has 1 heterocycles. The summed E-state index contributed by atoms with van der Waals surface area (Å²) in [7, 11) is 0. The van der Waals surface area contributed by atoms with E-state index in [0.717, 1.165) is 0 Å². The van der Waals surface area contributed by atoms with Crippen molar-refractivity contribution in [3.8, 4) is 11.6 Å². The number of benzene rings is 1. The number of hydrogen-bond acceptors (Lipinski definition) is 3. The van der Waals surface area contributed by atoms with Crippen LogP contribution in [-0.2, 0) is 6.61 Å². The van der Waals surface area contributed by atoms with Gasteiger partial charge >= 0.3 is 0 Å². The van der Waals surface area contributed by atoms with Crippen LogP contribution in [0.5, 0.6) is 11.6 Å². The number of halogens is 2. The van der Waals surface area contributed by atoms with E-state index in [4.69, 9.17) is 9.84 Å². The zero-order valence-corrected chi connectivity index (χ0v) is 10.3. The molecule has 3 nitrogen and oxygen atoms in total. The Kier molecular flexibility index (Phi) is 3.71. The number of nitrogens with zero attached hydrogens (tertiary/aromatic N) is 1. The Hall–Kier alpha value is -1.46. The highest BCUT2D eigenvalue weighted by atomic mass is 79.9. The normalized spacial score (nSPS) is 10.3. The van der Waals surface area contributed by atoms with E-state index in [-0.39, 0.29) is 12.4 Å². The summed E-state index contributed by atoms with van der Waals surface area (Å²) in [6, 6.07) is 9.20. The maximum absolute atomic E-state index is 12.9. The molecule has 0 radical (unpaired) electrons. The lowest BCUT2D eigenvalue weighted by Gasteiger charge is -2.07. The lowest BCUT2D eigenvalue weighted by Crippen LogP contribution is -1.93. The molecular weight excluding hydrogens is 289 g/mol. The first kappa shape index (κ1) is 12.0. The van der Waals surface area contributed by atoms with Crippen molar-refractivity contribution in [2.45, 2.75) is 6.61 Å². The molecule has 17 heavy (non-hydrogen) atoms. The van der Waals surface area contributed by atoms with Crippen LogP contribution in [-0.4, -0.2) is 10.1 Å². The van der Waals surface area contributed by atoms with Crippen molar-refractivity contribution < 1.29 is 14.2 Å². The molecule has 0 spiro atoms. The van der Waals surface area contributed by atoms with Crippen LogP contribution in [0.2, 0.25) is 0 Å². The monoisotopic (exact) mass is 297 g/mol. The minimum absolute atomic E-state index is 0.151. The molecule has 0 fully saturated rings. The van der Waals surface area contributed by atoms with Gasteiger partial charge in [0, 0.05) is 6.07 Å². The number of ether oxygens (including phenoxy) is 1. The quantitative estimate of drug-likeness (QED) is 0.945. The van der Waals surface area contributed by atoms with E-state index in [1.165, 1.54) is 18.2 Å². The van der Waals surface area contributed by atoms with Crippen LogP contribution in [0.25, 0.3) is 0 Å². The highest BCUT2D eigenvalue weighted by Gasteiger charge is 2.05. The van der Waals surface area contributed by atoms with Crippen molar-refractivity contribution in [1.82, 2.24) is 4.98 Å². The minimum atomic E-state index is -0.346. The highest BCUT2D eigenvalue weighted by molar-refractivity contribution is 9.10. The van der Waals surface area contributed by atoms with Gasteiger partial charge in [-0.05, 0) is 40.2 Å². The maximum Gasteiger partial charge on any atom is 0.219 e. The molecular formula is C12H9BrFNO2. The topological polar surface area (TPSA) is 42.4 Å². The molecule has 0 aliphatic carbocycles. The zero-order valence-electron chi connectivity index (χ0n) is 8.73. The van der Waals surface area contributed by atoms with Crippen LogP contribution >= 0.6 is 15.9 Å². The Morgan fingerprint density at radius 3 is 2.82 bits per heavy atom. The second kappa shape index (κ2) is 5.25. The van der Waals surface area contributed by atoms with Gasteiger partial charge in [-0.25, -0.2) is 9.37 Å². The van der Waals surface area contributed by atoms with Gasteiger partial charge in [0.2, 0.25) is 5.88 Å². The summed E-state index contributed by atoms with van der Waals surface area (Å²) in [5.74, 6) is 0.471. The summed E-state index contributed by atoms with van der Waals surface area (Å²) in [5.41, 5.74) is 0.515. The number of aromatic nitrogens is 1. The molecule has 0 saturated heterocycles. The molecule has 0 unspecified atom stereocenters. The molecule has 0 amide bonds. The Morgan fingerprint density at radius 1 is 1.29 bits per heavy atom. The van der Waals surface area contributed by atoms with Gasteiger partial charge in [-0.1, -0.05) is 6.07 Å². The molecule has 88 valence electrons. The molecule has 2 rings (SSSR count). The van der Waals surface area contributed by atoms with Crippen LogP contribution in [0.1, 0.15) is 5.69 Å². The molecule has 0 aliphatic heterocycles. The van der Waals surface area contributed by atoms with Gasteiger partial charge in [-0.2, -0.15) is 0 Å². The third-order valence-corrected chi connectivity index (χ3v) is 2.67. The molecule has 1 aromatic carbocycles. The summed E-state index contributed by atoms with van der Waals surface area (Å²) in [6.07, 6.45) is 0. The summed E-state index contributed by atoms with van der Waals surface area (Å²) >= 11 is 3.20. The second-order valence-corrected chi connectivity index (χ2v) is 4.16. The number of hydrogen-bond donors (Lipinski definition) is 1. The van der Waals surface area contributed by atoms with Crippen LogP contribution in [0.15, 0.2) is 40.9 Å². The molecule has 1 N–H and O–H groups in total. The Labute approximate surface area is 106 Å². The summed E-state index contributed by atoms with van der Waals surface area (Å²) in [6.45, 7) is -0.151. The van der Waals surface area contributed by atoms with Crippen molar-refractivity contribution in [2.24, 2.45) is 0 Å². The number of rotatable bonds is 3. The van der Waals surface area contributed by atoms with Crippen LogP contribution in [0.4, 0.5) is 4.39 Å². The Balaban J connectivity index is 2.25. The van der Waals surface area contributed by atoms with Crippen molar-refractivity contribution in [3.05, 3.63) is 52.4 Å². The van der Waals surface area contributed by atoms with E-state index < -0.39 is 0 Å². The van der Waals surface area contributed by atoms with E-state index in [9.17, 15) is 4.39 Å². The molecule has 0 saturated carbocycles. The minimum Gasteiger partial charge on any atom is -0.438 e. The van der Waals surface area contributed by atoms with Gasteiger partial charge < -0.3 is 9.84 Å². The van der Waals surface area contributed by atoms with Gasteiger partial charge in [0.25, 0.3) is 0 Å². The lowest BCUT2D eigenvalue weighted by atomic mass is 10.3. The van der Waals surface area contributed by atoms with Gasteiger partial charge in [0.1, 0.15) is 11.6 Å². The van der Waals surface area contributed by atoms with E-state index >= 15 is 0 Å². The Bertz CT molecular complexity index is 534. The fraction of sp³-hybridized carbons (Fsp3) is 0.0833. The maximum atomic E-state index is 12.9. The second-order valence-electron chi connectivity index (χ2n) is 3.30. The van der Waals surface area contributed by atoms with Crippen LogP contribution < -0.4 is 4.74 Å². The van der Waals surface area contributed by atoms with Gasteiger partial charge in [-0.3, -0.25) is 0 Å². The van der Waals surface area contributed by atoms with Gasteiger partial charge in [0.05, 0.1) is 16.8 Å². The van der Waals surface area contributed by atoms with Gasteiger partial charge in [0.15, 0.2) is 0 Å². The molecule has 0 bridgehead atoms. The average molecular weight is 298 g/mol. The van der Waals surface area contributed by atoms with Crippen molar-refractivity contribution in [2.75, 3.05) is 0 Å². The summed E-state index contributed by atoms with van der Waals surface area (Å²) in [4.78, 5) is 4.06. The number of aliphatic hydroxyl groups excluding tert-OH is 1. The number of aliphatic hydroxyl groups is 1. The highest BCUT2D eigenvalue weighted by Crippen LogP contribution is 2.29. The standard InChI is InChI=1S/C12H9BrFNO2/c13-10-6-8(14)4-5-11(10)17-12-3-1-2-9(7-16)15-12/h1-6,16H,7H2. The number of pyridine rings is 1. The smallest absolute Gasteiger partial charge is 0.219 e. The van der Waals surface area contributed by atoms with Crippen molar-refractivity contribution >= 4 is 15.9 Å². The first-order valence-electron chi connectivity index (χ1n) is 4.89. The largest absolute Gasteiger partial charge is 0.438 e. The molecule has 2 aromatic rings. The Morgan fingerprint density at radius 2 is 2.12 bits per heavy atom. The molecule has 1 aromatic heterocycles. The predicted octanol–water partition coefficient (Wildman–Crippen LogP) is 3.27. The average Bonchev–Trinajstić information content (AvgIpc) is 2.33. The van der Waals surface area contributed by atoms with Crippen molar-refractivity contribution in [1.29, 1.82) is 0 Å². The third-order valence-electron chi connectivity index (χ3n) is 2.05. The fourth-order valence-electron chi connectivity index (χ4n) is 1.27. The predicted molar refractivity (Wildman–Crippen MR) is 64.3 cm³/mol. The molecule has 5 heteroatoms. The van der Waals surface area contributed by atoms with Crippen LogP contribution in [0, 0.1) is 5.82 Å². The van der Waals surface area contributed by atoms with E-state index in [0.29, 0.717) is 21.8 Å². The van der Waals surface area contributed by atoms with E-state index in [1.54, 1.807) is 18.2 Å². The van der Waals surface area contributed by atoms with Crippen LogP contribution in [0.3, 0.4) is 0 Å². The fourth-order valence-corrected chi connectivity index (χ4v) is 1.70. The van der Waals surface area contributed by atoms with E-state index in [2.05, 4.69) is 20.9 Å². The first-order chi connectivity index (χ1) is 8.19. The molecule has 0 aliphatic rings. The SMILES string of the molecule is OCc1cccc(Oc2ccc(F)cc2Br)n1. The zero-order chi connectivity index (χ0) is 12.3. The summed E-state index contributed by atoms with van der Waals surface area (Å²) in [5, 5.41) is 8.94.